The number of nitrogens with zero attached hydrogens (tertiary/aromatic N) is 2. The minimum atomic E-state index is -4.05. The number of primary sulfonamides is 1. The molecule has 0 radical (unpaired) electrons. The van der Waals surface area contributed by atoms with Gasteiger partial charge in [-0.3, -0.25) is 10.1 Å². The van der Waals surface area contributed by atoms with E-state index in [2.05, 4.69) is 0 Å². The monoisotopic (exact) mass is 343 g/mol. The molecular formula is C14H21N3O5S. The lowest BCUT2D eigenvalue weighted by molar-refractivity contribution is -0.385. The number of hydrogen-bond donors (Lipinski definition) is 1. The Morgan fingerprint density at radius 2 is 2.22 bits per heavy atom. The van der Waals surface area contributed by atoms with Crippen molar-refractivity contribution in [1.29, 1.82) is 0 Å². The molecule has 1 heterocycles. The van der Waals surface area contributed by atoms with Gasteiger partial charge in [0.1, 0.15) is 4.90 Å². The summed E-state index contributed by atoms with van der Waals surface area (Å²) >= 11 is 0. The van der Waals surface area contributed by atoms with Crippen LogP contribution in [0.3, 0.4) is 0 Å². The van der Waals surface area contributed by atoms with Gasteiger partial charge in [0.2, 0.25) is 10.0 Å². The van der Waals surface area contributed by atoms with Crippen LogP contribution in [-0.4, -0.2) is 39.6 Å². The number of piperidine rings is 1. The Bertz CT molecular complexity index is 677. The van der Waals surface area contributed by atoms with Gasteiger partial charge in [-0.15, -0.1) is 0 Å². The van der Waals surface area contributed by atoms with Crippen LogP contribution in [0.15, 0.2) is 23.1 Å². The first-order chi connectivity index (χ1) is 10.8. The Balaban J connectivity index is 2.32. The fraction of sp³-hybridized carbons (Fsp3) is 0.571. The number of sulfonamides is 1. The predicted octanol–water partition coefficient (Wildman–Crippen LogP) is 1.50. The zero-order valence-electron chi connectivity index (χ0n) is 13.0. The van der Waals surface area contributed by atoms with Crippen LogP contribution in [0.2, 0.25) is 0 Å². The van der Waals surface area contributed by atoms with Crippen LogP contribution in [0, 0.1) is 16.0 Å². The second-order valence-corrected chi connectivity index (χ2v) is 7.10. The number of benzene rings is 1. The first-order valence-electron chi connectivity index (χ1n) is 7.47. The predicted molar refractivity (Wildman–Crippen MR) is 85.9 cm³/mol. The summed E-state index contributed by atoms with van der Waals surface area (Å²) in [6.45, 7) is 4.50. The van der Waals surface area contributed by atoms with Crippen LogP contribution in [-0.2, 0) is 14.8 Å². The molecule has 1 saturated heterocycles. The second kappa shape index (κ2) is 7.24. The van der Waals surface area contributed by atoms with E-state index in [1.165, 1.54) is 12.1 Å². The van der Waals surface area contributed by atoms with E-state index in [0.29, 0.717) is 37.9 Å². The fourth-order valence-corrected chi connectivity index (χ4v) is 3.58. The highest BCUT2D eigenvalue weighted by Gasteiger charge is 2.26. The summed E-state index contributed by atoms with van der Waals surface area (Å²) in [6.07, 6.45) is 1.91. The van der Waals surface area contributed by atoms with Crippen molar-refractivity contribution in [2.24, 2.45) is 11.1 Å². The van der Waals surface area contributed by atoms with Crippen molar-refractivity contribution >= 4 is 21.4 Å². The number of nitrogens with two attached hydrogens (primary N) is 1. The minimum absolute atomic E-state index is 0.205. The molecule has 0 aromatic heterocycles. The molecule has 1 aliphatic rings. The number of nitro groups is 1. The van der Waals surface area contributed by atoms with E-state index >= 15 is 0 Å². The highest BCUT2D eigenvalue weighted by molar-refractivity contribution is 7.89. The molecule has 1 fully saturated rings. The Kier molecular flexibility index (Phi) is 5.55. The average molecular weight is 343 g/mol. The molecule has 1 aromatic rings. The number of anilines is 1. The molecule has 0 amide bonds. The lowest BCUT2D eigenvalue weighted by Crippen LogP contribution is -2.38. The normalized spacial score (nSPS) is 18.9. The Morgan fingerprint density at radius 1 is 1.48 bits per heavy atom. The lowest BCUT2D eigenvalue weighted by atomic mass is 9.98. The molecule has 1 aliphatic heterocycles. The van der Waals surface area contributed by atoms with Gasteiger partial charge >= 0.3 is 0 Å². The third-order valence-electron chi connectivity index (χ3n) is 3.88. The van der Waals surface area contributed by atoms with Crippen LogP contribution < -0.4 is 10.0 Å². The van der Waals surface area contributed by atoms with Crippen molar-refractivity contribution in [3.63, 3.8) is 0 Å². The summed E-state index contributed by atoms with van der Waals surface area (Å²) in [4.78, 5) is 12.0. The number of non-ortho nitro benzene ring substituents is 1. The Hall–Kier alpha value is -1.71. The molecule has 2 rings (SSSR count). The highest BCUT2D eigenvalue weighted by atomic mass is 32.2. The third-order valence-corrected chi connectivity index (χ3v) is 4.82. The number of rotatable bonds is 6. The van der Waals surface area contributed by atoms with Gasteiger partial charge in [0.15, 0.2) is 0 Å². The molecule has 2 N–H and O–H groups in total. The van der Waals surface area contributed by atoms with Gasteiger partial charge < -0.3 is 9.64 Å². The highest BCUT2D eigenvalue weighted by Crippen LogP contribution is 2.31. The largest absolute Gasteiger partial charge is 0.381 e. The molecule has 0 spiro atoms. The standard InChI is InChI=1S/C14H21N3O5S/c1-2-22-10-11-4-3-7-16(9-11)13-6-5-12(17(18)19)8-14(13)23(15,20)21/h5-6,8,11H,2-4,7,9-10H2,1H3,(H2,15,20,21). The van der Waals surface area contributed by atoms with Crippen molar-refractivity contribution in [2.45, 2.75) is 24.7 Å². The van der Waals surface area contributed by atoms with E-state index in [1.54, 1.807) is 0 Å². The summed E-state index contributed by atoms with van der Waals surface area (Å²) in [5.41, 5.74) is 0.125. The molecule has 23 heavy (non-hydrogen) atoms. The molecule has 9 heteroatoms. The maximum atomic E-state index is 11.8. The number of hydrogen-bond acceptors (Lipinski definition) is 6. The zero-order valence-corrected chi connectivity index (χ0v) is 13.8. The van der Waals surface area contributed by atoms with Gasteiger partial charge in [-0.05, 0) is 31.7 Å². The molecule has 0 saturated carbocycles. The maximum absolute atomic E-state index is 11.8. The Labute approximate surface area is 135 Å². The molecule has 128 valence electrons. The van der Waals surface area contributed by atoms with Gasteiger partial charge in [0.05, 0.1) is 17.2 Å². The van der Waals surface area contributed by atoms with Crippen LogP contribution in [0.4, 0.5) is 11.4 Å². The maximum Gasteiger partial charge on any atom is 0.270 e. The molecule has 1 atom stereocenters. The lowest BCUT2D eigenvalue weighted by Gasteiger charge is -2.35. The quantitative estimate of drug-likeness (QED) is 0.618. The average Bonchev–Trinajstić information content (AvgIpc) is 2.51. The molecular weight excluding hydrogens is 322 g/mol. The first-order valence-corrected chi connectivity index (χ1v) is 9.01. The summed E-state index contributed by atoms with van der Waals surface area (Å²) in [6, 6.07) is 3.79. The molecule has 0 aliphatic carbocycles. The second-order valence-electron chi connectivity index (χ2n) is 5.57. The smallest absolute Gasteiger partial charge is 0.270 e. The van der Waals surface area contributed by atoms with Crippen LogP contribution in [0.1, 0.15) is 19.8 Å². The van der Waals surface area contributed by atoms with E-state index in [1.807, 2.05) is 11.8 Å². The summed E-state index contributed by atoms with van der Waals surface area (Å²) in [5.74, 6) is 0.298. The van der Waals surface area contributed by atoms with E-state index in [0.717, 1.165) is 18.9 Å². The van der Waals surface area contributed by atoms with E-state index in [4.69, 9.17) is 9.88 Å². The minimum Gasteiger partial charge on any atom is -0.381 e. The van der Waals surface area contributed by atoms with Gasteiger partial charge in [0, 0.05) is 31.8 Å². The van der Waals surface area contributed by atoms with Crippen molar-refractivity contribution in [2.75, 3.05) is 31.2 Å². The van der Waals surface area contributed by atoms with Crippen molar-refractivity contribution in [1.82, 2.24) is 0 Å². The summed E-state index contributed by atoms with van der Waals surface area (Å²) in [5, 5.41) is 16.1. The summed E-state index contributed by atoms with van der Waals surface area (Å²) < 4.78 is 29.1. The zero-order chi connectivity index (χ0) is 17.0. The van der Waals surface area contributed by atoms with Gasteiger partial charge in [-0.25, -0.2) is 13.6 Å². The number of nitro benzene ring substituents is 1. The van der Waals surface area contributed by atoms with Gasteiger partial charge in [-0.2, -0.15) is 0 Å². The molecule has 1 unspecified atom stereocenters. The fourth-order valence-electron chi connectivity index (χ4n) is 2.81. The van der Waals surface area contributed by atoms with E-state index < -0.39 is 14.9 Å². The van der Waals surface area contributed by atoms with Gasteiger partial charge in [0.25, 0.3) is 5.69 Å². The van der Waals surface area contributed by atoms with Crippen molar-refractivity contribution in [3.8, 4) is 0 Å². The Morgan fingerprint density at radius 3 is 2.83 bits per heavy atom. The number of ether oxygens (including phenoxy) is 1. The third kappa shape index (κ3) is 4.40. The van der Waals surface area contributed by atoms with E-state index in [-0.39, 0.29) is 10.6 Å². The topological polar surface area (TPSA) is 116 Å². The molecule has 1 aromatic carbocycles. The van der Waals surface area contributed by atoms with Crippen LogP contribution in [0.25, 0.3) is 0 Å². The van der Waals surface area contributed by atoms with Crippen LogP contribution in [0.5, 0.6) is 0 Å². The SMILES string of the molecule is CCOCC1CCCN(c2ccc([N+](=O)[O-])cc2S(N)(=O)=O)C1. The summed E-state index contributed by atoms with van der Waals surface area (Å²) in [7, 11) is -4.05. The van der Waals surface area contributed by atoms with Gasteiger partial charge in [-0.1, -0.05) is 0 Å². The van der Waals surface area contributed by atoms with Crippen molar-refractivity contribution in [3.05, 3.63) is 28.3 Å². The van der Waals surface area contributed by atoms with Crippen LogP contribution >= 0.6 is 0 Å². The molecule has 8 nitrogen and oxygen atoms in total. The first kappa shape index (κ1) is 17.6. The van der Waals surface area contributed by atoms with E-state index in [9.17, 15) is 18.5 Å². The molecule has 0 bridgehead atoms. The van der Waals surface area contributed by atoms with Crippen molar-refractivity contribution < 1.29 is 18.1 Å².